The van der Waals surface area contributed by atoms with Gasteiger partial charge in [0.1, 0.15) is 6.04 Å². The van der Waals surface area contributed by atoms with Crippen molar-refractivity contribution in [1.29, 1.82) is 0 Å². The van der Waals surface area contributed by atoms with E-state index in [1.165, 1.54) is 18.3 Å². The molecule has 0 bridgehead atoms. The van der Waals surface area contributed by atoms with E-state index in [9.17, 15) is 22.8 Å². The number of pyridine rings is 1. The van der Waals surface area contributed by atoms with Crippen LogP contribution in [0.1, 0.15) is 43.7 Å². The largest absolute Gasteiger partial charge is 0.444 e. The summed E-state index contributed by atoms with van der Waals surface area (Å²) in [7, 11) is -3.93. The summed E-state index contributed by atoms with van der Waals surface area (Å²) in [6.07, 6.45) is 2.39. The van der Waals surface area contributed by atoms with Crippen LogP contribution in [0.15, 0.2) is 50.6 Å². The number of Topliss-reactive ketones (excluding diaryl/α,β-unsaturated/α-hetero) is 1. The predicted molar refractivity (Wildman–Crippen MR) is 126 cm³/mol. The Bertz CT molecular complexity index is 1140. The van der Waals surface area contributed by atoms with E-state index in [1.807, 2.05) is 13.8 Å². The second-order valence-corrected chi connectivity index (χ2v) is 11.1. The van der Waals surface area contributed by atoms with Crippen LogP contribution in [0.2, 0.25) is 0 Å². The Morgan fingerprint density at radius 3 is 2.65 bits per heavy atom. The lowest BCUT2D eigenvalue weighted by atomic mass is 10.0. The van der Waals surface area contributed by atoms with Gasteiger partial charge in [-0.15, -0.1) is 0 Å². The summed E-state index contributed by atoms with van der Waals surface area (Å²) >= 11 is 3.14. The maximum atomic E-state index is 13.0. The van der Waals surface area contributed by atoms with Gasteiger partial charge in [-0.3, -0.25) is 14.4 Å². The van der Waals surface area contributed by atoms with Crippen LogP contribution in [-0.2, 0) is 19.6 Å². The summed E-state index contributed by atoms with van der Waals surface area (Å²) in [6, 6.07) is 5.85. The second kappa shape index (κ2) is 11.2. The van der Waals surface area contributed by atoms with E-state index < -0.39 is 39.7 Å². The Balaban J connectivity index is 1.68. The summed E-state index contributed by atoms with van der Waals surface area (Å²) < 4.78 is 32.5. The molecule has 1 fully saturated rings. The highest BCUT2D eigenvalue weighted by Gasteiger charge is 2.35. The van der Waals surface area contributed by atoms with Crippen LogP contribution in [0, 0.1) is 5.92 Å². The van der Waals surface area contributed by atoms with Crippen LogP contribution in [0.4, 0.5) is 0 Å². The van der Waals surface area contributed by atoms with Crippen molar-refractivity contribution < 1.29 is 27.2 Å². The number of hydrogen-bond donors (Lipinski definition) is 2. The number of halogens is 1. The fraction of sp³-hybridized carbons (Fsp3) is 0.455. The van der Waals surface area contributed by atoms with Crippen LogP contribution in [0.25, 0.3) is 0 Å². The number of furan rings is 1. The number of aromatic nitrogens is 1. The molecule has 2 atom stereocenters. The number of amides is 2. The van der Waals surface area contributed by atoms with E-state index in [0.29, 0.717) is 17.5 Å². The summed E-state index contributed by atoms with van der Waals surface area (Å²) in [4.78, 5) is 42.3. The Morgan fingerprint density at radius 2 is 2.03 bits per heavy atom. The van der Waals surface area contributed by atoms with Crippen molar-refractivity contribution in [1.82, 2.24) is 19.9 Å². The highest BCUT2D eigenvalue weighted by atomic mass is 79.9. The molecule has 10 nitrogen and oxygen atoms in total. The molecule has 0 radical (unpaired) electrons. The van der Waals surface area contributed by atoms with Crippen molar-refractivity contribution in [3.05, 3.63) is 47.0 Å². The third-order valence-corrected chi connectivity index (χ3v) is 7.49. The molecule has 1 saturated heterocycles. The Morgan fingerprint density at radius 1 is 1.26 bits per heavy atom. The second-order valence-electron chi connectivity index (χ2n) is 8.44. The van der Waals surface area contributed by atoms with Crippen LogP contribution in [-0.4, -0.2) is 60.5 Å². The van der Waals surface area contributed by atoms with Gasteiger partial charge in [0.15, 0.2) is 21.2 Å². The number of sulfonamides is 1. The van der Waals surface area contributed by atoms with Crippen LogP contribution >= 0.6 is 15.9 Å². The SMILES string of the molecule is CC(C)C[C@H](NC(=O)c1ccc(Br)o1)C(=O)NC1CCCN(S(=O)(=O)c2ccccn2)CC1=O. The maximum absolute atomic E-state index is 13.0. The van der Waals surface area contributed by atoms with Gasteiger partial charge >= 0.3 is 0 Å². The van der Waals surface area contributed by atoms with Gasteiger partial charge in [0.25, 0.3) is 15.9 Å². The van der Waals surface area contributed by atoms with Crippen molar-refractivity contribution >= 4 is 43.6 Å². The standard InChI is InChI=1S/C22H27BrN4O6S/c1-14(2)12-16(26-22(30)18-8-9-19(23)33-18)21(29)25-15-6-5-11-27(13-17(15)28)34(31,32)20-7-3-4-10-24-20/h3-4,7-10,14-16H,5-6,11-13H2,1-2H3,(H,25,29)(H,26,30)/t15?,16-/m0/s1. The quantitative estimate of drug-likeness (QED) is 0.509. The Hall–Kier alpha value is -2.57. The Labute approximate surface area is 206 Å². The molecule has 1 aliphatic rings. The van der Waals surface area contributed by atoms with E-state index in [1.54, 1.807) is 18.2 Å². The molecule has 3 heterocycles. The molecule has 2 amide bonds. The molecule has 0 saturated carbocycles. The number of rotatable bonds is 8. The topological polar surface area (TPSA) is 139 Å². The lowest BCUT2D eigenvalue weighted by Crippen LogP contribution is -2.52. The van der Waals surface area contributed by atoms with Crippen LogP contribution in [0.3, 0.4) is 0 Å². The van der Waals surface area contributed by atoms with Crippen molar-refractivity contribution in [2.45, 2.75) is 50.2 Å². The molecule has 0 aromatic carbocycles. The minimum atomic E-state index is -3.93. The lowest BCUT2D eigenvalue weighted by Gasteiger charge is -2.23. The highest BCUT2D eigenvalue weighted by Crippen LogP contribution is 2.18. The van der Waals surface area contributed by atoms with E-state index in [2.05, 4.69) is 31.5 Å². The predicted octanol–water partition coefficient (Wildman–Crippen LogP) is 2.12. The number of nitrogens with one attached hydrogen (secondary N) is 2. The van der Waals surface area contributed by atoms with Crippen molar-refractivity contribution in [3.8, 4) is 0 Å². The fourth-order valence-corrected chi connectivity index (χ4v) is 5.31. The molecule has 2 aromatic rings. The average Bonchev–Trinajstić information content (AvgIpc) is 3.14. The van der Waals surface area contributed by atoms with Crippen LogP contribution < -0.4 is 10.6 Å². The zero-order chi connectivity index (χ0) is 24.9. The number of hydrogen-bond acceptors (Lipinski definition) is 7. The lowest BCUT2D eigenvalue weighted by molar-refractivity contribution is -0.129. The summed E-state index contributed by atoms with van der Waals surface area (Å²) in [5.41, 5.74) is 0. The van der Waals surface area contributed by atoms with E-state index >= 15 is 0 Å². The maximum Gasteiger partial charge on any atom is 0.287 e. The normalized spacial score (nSPS) is 18.4. The summed E-state index contributed by atoms with van der Waals surface area (Å²) in [6.45, 7) is 3.59. The third kappa shape index (κ3) is 6.51. The molecule has 0 aliphatic carbocycles. The first kappa shape index (κ1) is 26.0. The van der Waals surface area contributed by atoms with E-state index in [-0.39, 0.29) is 36.2 Å². The molecule has 34 heavy (non-hydrogen) atoms. The molecular formula is C22H27BrN4O6S. The minimum absolute atomic E-state index is 0.0503. The van der Waals surface area contributed by atoms with Gasteiger partial charge in [-0.1, -0.05) is 19.9 Å². The summed E-state index contributed by atoms with van der Waals surface area (Å²) in [5.74, 6) is -1.34. The third-order valence-electron chi connectivity index (χ3n) is 5.31. The molecule has 1 unspecified atom stereocenters. The van der Waals surface area contributed by atoms with Gasteiger partial charge in [-0.25, -0.2) is 13.4 Å². The van der Waals surface area contributed by atoms with Gasteiger partial charge in [0.05, 0.1) is 12.6 Å². The first-order chi connectivity index (χ1) is 16.1. The Kier molecular flexibility index (Phi) is 8.61. The van der Waals surface area contributed by atoms with E-state index in [4.69, 9.17) is 4.42 Å². The summed E-state index contributed by atoms with van der Waals surface area (Å²) in [5, 5.41) is 5.24. The first-order valence-corrected chi connectivity index (χ1v) is 13.1. The number of carbonyl (C=O) groups is 3. The van der Waals surface area contributed by atoms with Gasteiger partial charge < -0.3 is 15.1 Å². The minimum Gasteiger partial charge on any atom is -0.444 e. The molecular weight excluding hydrogens is 528 g/mol. The number of ketones is 1. The molecule has 3 rings (SSSR count). The molecule has 184 valence electrons. The van der Waals surface area contributed by atoms with E-state index in [0.717, 1.165) is 4.31 Å². The monoisotopic (exact) mass is 554 g/mol. The van der Waals surface area contributed by atoms with Gasteiger partial charge in [0, 0.05) is 12.7 Å². The molecule has 12 heteroatoms. The highest BCUT2D eigenvalue weighted by molar-refractivity contribution is 9.10. The van der Waals surface area contributed by atoms with Crippen LogP contribution in [0.5, 0.6) is 0 Å². The first-order valence-electron chi connectivity index (χ1n) is 10.9. The zero-order valence-corrected chi connectivity index (χ0v) is 21.3. The molecule has 0 spiro atoms. The van der Waals surface area contributed by atoms with Gasteiger partial charge in [-0.2, -0.15) is 4.31 Å². The number of carbonyl (C=O) groups excluding carboxylic acids is 3. The molecule has 2 N–H and O–H groups in total. The number of nitrogens with zero attached hydrogens (tertiary/aromatic N) is 2. The zero-order valence-electron chi connectivity index (χ0n) is 18.9. The van der Waals surface area contributed by atoms with Crippen molar-refractivity contribution in [2.24, 2.45) is 5.92 Å². The molecule has 1 aliphatic heterocycles. The van der Waals surface area contributed by atoms with Crippen molar-refractivity contribution in [2.75, 3.05) is 13.1 Å². The fourth-order valence-electron chi connectivity index (χ4n) is 3.63. The van der Waals surface area contributed by atoms with Gasteiger partial charge in [-0.05, 0) is 65.4 Å². The van der Waals surface area contributed by atoms with Crippen molar-refractivity contribution in [3.63, 3.8) is 0 Å². The smallest absolute Gasteiger partial charge is 0.287 e. The molecule has 2 aromatic heterocycles. The average molecular weight is 555 g/mol. The van der Waals surface area contributed by atoms with Gasteiger partial charge in [0.2, 0.25) is 5.91 Å².